The van der Waals surface area contributed by atoms with Crippen molar-refractivity contribution >= 4 is 11.6 Å². The molecule has 0 atom stereocenters. The third-order valence-corrected chi connectivity index (χ3v) is 3.12. The van der Waals surface area contributed by atoms with Gasteiger partial charge < -0.3 is 10.2 Å². The van der Waals surface area contributed by atoms with Crippen molar-refractivity contribution in [3.05, 3.63) is 11.9 Å². The lowest BCUT2D eigenvalue weighted by atomic mass is 10.2. The van der Waals surface area contributed by atoms with Crippen LogP contribution in [0.25, 0.3) is 0 Å². The Bertz CT molecular complexity index is 443. The third-order valence-electron chi connectivity index (χ3n) is 3.12. The predicted octanol–water partition coefficient (Wildman–Crippen LogP) is 2.61. The Morgan fingerprint density at radius 2 is 2.05 bits per heavy atom. The van der Waals surface area contributed by atoms with E-state index in [1.807, 2.05) is 6.92 Å². The molecule has 106 valence electrons. The average molecular weight is 274 g/mol. The molecule has 1 heterocycles. The molecular weight excluding hydrogens is 257 g/mol. The minimum Gasteiger partial charge on any atom is -0.373 e. The zero-order valence-electron chi connectivity index (χ0n) is 11.0. The number of nitrogens with zero attached hydrogens (tertiary/aromatic N) is 3. The van der Waals surface area contributed by atoms with Crippen LogP contribution < -0.4 is 10.2 Å². The second-order valence-electron chi connectivity index (χ2n) is 4.60. The maximum Gasteiger partial charge on any atom is 0.405 e. The molecule has 1 aliphatic carbocycles. The lowest BCUT2D eigenvalue weighted by Crippen LogP contribution is -2.37. The highest BCUT2D eigenvalue weighted by atomic mass is 19.4. The third kappa shape index (κ3) is 3.27. The van der Waals surface area contributed by atoms with Crippen LogP contribution in [0.4, 0.5) is 24.8 Å². The SMILES string of the molecule is CCc1c(NC)ncnc1N(CC(F)(F)F)C1CC1. The summed E-state index contributed by atoms with van der Waals surface area (Å²) in [5, 5.41) is 2.90. The van der Waals surface area contributed by atoms with Gasteiger partial charge in [0.1, 0.15) is 24.5 Å². The van der Waals surface area contributed by atoms with Crippen molar-refractivity contribution in [3.63, 3.8) is 0 Å². The monoisotopic (exact) mass is 274 g/mol. The second-order valence-corrected chi connectivity index (χ2v) is 4.60. The first kappa shape index (κ1) is 13.9. The number of anilines is 2. The highest BCUT2D eigenvalue weighted by molar-refractivity contribution is 5.59. The van der Waals surface area contributed by atoms with Crippen molar-refractivity contribution in [2.75, 3.05) is 23.8 Å². The molecule has 1 N–H and O–H groups in total. The summed E-state index contributed by atoms with van der Waals surface area (Å²) in [6.07, 6.45) is -0.742. The summed E-state index contributed by atoms with van der Waals surface area (Å²) < 4.78 is 38.1. The zero-order valence-corrected chi connectivity index (χ0v) is 11.0. The van der Waals surface area contributed by atoms with Crippen LogP contribution in [0.5, 0.6) is 0 Å². The first-order chi connectivity index (χ1) is 8.96. The number of alkyl halides is 3. The molecule has 0 aliphatic heterocycles. The van der Waals surface area contributed by atoms with Gasteiger partial charge in [-0.25, -0.2) is 9.97 Å². The summed E-state index contributed by atoms with van der Waals surface area (Å²) in [5.41, 5.74) is 0.737. The number of aromatic nitrogens is 2. The van der Waals surface area contributed by atoms with Gasteiger partial charge in [-0.3, -0.25) is 0 Å². The second kappa shape index (κ2) is 5.22. The molecule has 1 fully saturated rings. The van der Waals surface area contributed by atoms with Gasteiger partial charge in [0, 0.05) is 18.7 Å². The van der Waals surface area contributed by atoms with Crippen LogP contribution in [0.15, 0.2) is 6.33 Å². The van der Waals surface area contributed by atoms with Crippen molar-refractivity contribution < 1.29 is 13.2 Å². The molecule has 0 unspecified atom stereocenters. The van der Waals surface area contributed by atoms with Gasteiger partial charge in [0.15, 0.2) is 0 Å². The summed E-state index contributed by atoms with van der Waals surface area (Å²) in [4.78, 5) is 9.50. The molecular formula is C12H17F3N4. The van der Waals surface area contributed by atoms with Crippen LogP contribution in [-0.4, -0.2) is 35.8 Å². The van der Waals surface area contributed by atoms with Crippen LogP contribution in [0.3, 0.4) is 0 Å². The Morgan fingerprint density at radius 3 is 2.53 bits per heavy atom. The van der Waals surface area contributed by atoms with Gasteiger partial charge in [-0.2, -0.15) is 13.2 Å². The van der Waals surface area contributed by atoms with E-state index in [1.165, 1.54) is 11.2 Å². The first-order valence-corrected chi connectivity index (χ1v) is 6.31. The van der Waals surface area contributed by atoms with Crippen molar-refractivity contribution in [3.8, 4) is 0 Å². The fraction of sp³-hybridized carbons (Fsp3) is 0.667. The predicted molar refractivity (Wildman–Crippen MR) is 67.4 cm³/mol. The van der Waals surface area contributed by atoms with E-state index in [0.29, 0.717) is 18.1 Å². The Labute approximate surface area is 110 Å². The molecule has 0 amide bonds. The zero-order chi connectivity index (χ0) is 14.0. The topological polar surface area (TPSA) is 41.1 Å². The van der Waals surface area contributed by atoms with Gasteiger partial charge in [0.2, 0.25) is 0 Å². The lowest BCUT2D eigenvalue weighted by molar-refractivity contribution is -0.120. The fourth-order valence-corrected chi connectivity index (χ4v) is 2.15. The highest BCUT2D eigenvalue weighted by Gasteiger charge is 2.39. The largest absolute Gasteiger partial charge is 0.405 e. The van der Waals surface area contributed by atoms with E-state index >= 15 is 0 Å². The molecule has 1 aromatic heterocycles. The van der Waals surface area contributed by atoms with E-state index in [9.17, 15) is 13.2 Å². The maximum absolute atomic E-state index is 12.7. The molecule has 4 nitrogen and oxygen atoms in total. The van der Waals surface area contributed by atoms with E-state index in [4.69, 9.17) is 0 Å². The maximum atomic E-state index is 12.7. The van der Waals surface area contributed by atoms with E-state index in [1.54, 1.807) is 7.05 Å². The van der Waals surface area contributed by atoms with Gasteiger partial charge in [0.05, 0.1) is 0 Å². The smallest absolute Gasteiger partial charge is 0.373 e. The van der Waals surface area contributed by atoms with E-state index in [-0.39, 0.29) is 6.04 Å². The molecule has 0 bridgehead atoms. The number of hydrogen-bond donors (Lipinski definition) is 1. The lowest BCUT2D eigenvalue weighted by Gasteiger charge is -2.27. The number of nitrogens with one attached hydrogen (secondary N) is 1. The van der Waals surface area contributed by atoms with E-state index < -0.39 is 12.7 Å². The van der Waals surface area contributed by atoms with Crippen LogP contribution in [0.1, 0.15) is 25.3 Å². The Kier molecular flexibility index (Phi) is 3.82. The minimum atomic E-state index is -4.22. The molecule has 1 saturated carbocycles. The molecule has 1 aliphatic rings. The highest BCUT2D eigenvalue weighted by Crippen LogP contribution is 2.36. The molecule has 7 heteroatoms. The molecule has 0 radical (unpaired) electrons. The van der Waals surface area contributed by atoms with E-state index in [0.717, 1.165) is 18.4 Å². The standard InChI is InChI=1S/C12H17F3N4/c1-3-9-10(16-2)17-7-18-11(9)19(8-4-5-8)6-12(13,14)15/h7-8H,3-6H2,1-2H3,(H,16,17,18). The van der Waals surface area contributed by atoms with Crippen molar-refractivity contribution in [2.24, 2.45) is 0 Å². The first-order valence-electron chi connectivity index (χ1n) is 6.31. The van der Waals surface area contributed by atoms with Crippen LogP contribution in [-0.2, 0) is 6.42 Å². The van der Waals surface area contributed by atoms with Gasteiger partial charge in [-0.05, 0) is 19.3 Å². The summed E-state index contributed by atoms with van der Waals surface area (Å²) in [6.45, 7) is 0.937. The molecule has 0 aromatic carbocycles. The van der Waals surface area contributed by atoms with E-state index in [2.05, 4.69) is 15.3 Å². The minimum absolute atomic E-state index is 0.0495. The quantitative estimate of drug-likeness (QED) is 0.896. The molecule has 1 aromatic rings. The van der Waals surface area contributed by atoms with Crippen LogP contribution in [0.2, 0.25) is 0 Å². The fourth-order valence-electron chi connectivity index (χ4n) is 2.15. The van der Waals surface area contributed by atoms with Gasteiger partial charge in [0.25, 0.3) is 0 Å². The van der Waals surface area contributed by atoms with Gasteiger partial charge in [-0.1, -0.05) is 6.92 Å². The Hall–Kier alpha value is -1.53. The normalized spacial score (nSPS) is 15.4. The summed E-state index contributed by atoms with van der Waals surface area (Å²) >= 11 is 0. The van der Waals surface area contributed by atoms with Crippen molar-refractivity contribution in [1.82, 2.24) is 9.97 Å². The van der Waals surface area contributed by atoms with Crippen molar-refractivity contribution in [2.45, 2.75) is 38.4 Å². The van der Waals surface area contributed by atoms with Crippen LogP contribution in [0, 0.1) is 0 Å². The Balaban J connectivity index is 2.36. The average Bonchev–Trinajstić information content (AvgIpc) is 3.18. The van der Waals surface area contributed by atoms with Gasteiger partial charge >= 0.3 is 6.18 Å². The Morgan fingerprint density at radius 1 is 1.37 bits per heavy atom. The number of rotatable bonds is 5. The summed E-state index contributed by atoms with van der Waals surface area (Å²) in [6, 6.07) is -0.0495. The molecule has 2 rings (SSSR count). The number of halogens is 3. The summed E-state index contributed by atoms with van der Waals surface area (Å²) in [5.74, 6) is 1.00. The molecule has 0 saturated heterocycles. The number of hydrogen-bond acceptors (Lipinski definition) is 4. The van der Waals surface area contributed by atoms with Crippen molar-refractivity contribution in [1.29, 1.82) is 0 Å². The molecule has 19 heavy (non-hydrogen) atoms. The van der Waals surface area contributed by atoms with Crippen LogP contribution >= 0.6 is 0 Å². The molecule has 0 spiro atoms. The van der Waals surface area contributed by atoms with Gasteiger partial charge in [-0.15, -0.1) is 0 Å². The summed E-state index contributed by atoms with van der Waals surface area (Å²) in [7, 11) is 1.70.